The van der Waals surface area contributed by atoms with Crippen molar-refractivity contribution in [2.75, 3.05) is 26.4 Å². The Morgan fingerprint density at radius 2 is 1.07 bits per heavy atom. The molecular formula is C34H56N2O8. The summed E-state index contributed by atoms with van der Waals surface area (Å²) in [4.78, 5) is 47.4. The molecule has 0 heterocycles. The monoisotopic (exact) mass is 620 g/mol. The number of carbonyl (C=O) groups is 4. The number of hydrogen-bond acceptors (Lipinski definition) is 8. The van der Waals surface area contributed by atoms with Crippen LogP contribution in [0.2, 0.25) is 0 Å². The van der Waals surface area contributed by atoms with Gasteiger partial charge in [-0.3, -0.25) is 4.79 Å². The van der Waals surface area contributed by atoms with Gasteiger partial charge in [0.25, 0.3) is 0 Å². The van der Waals surface area contributed by atoms with E-state index in [1.54, 1.807) is 0 Å². The van der Waals surface area contributed by atoms with E-state index >= 15 is 0 Å². The van der Waals surface area contributed by atoms with Gasteiger partial charge >= 0.3 is 24.1 Å². The second kappa shape index (κ2) is 20.3. The molecule has 0 saturated heterocycles. The minimum Gasteiger partial charge on any atom is -0.466 e. The average Bonchev–Trinajstić information content (AvgIpc) is 3.03. The highest BCUT2D eigenvalue weighted by atomic mass is 16.6. The maximum absolute atomic E-state index is 12.4. The maximum Gasteiger partial charge on any atom is 0.407 e. The van der Waals surface area contributed by atoms with Crippen molar-refractivity contribution in [3.8, 4) is 0 Å². The Labute approximate surface area is 263 Å². The Kier molecular flexibility index (Phi) is 16.5. The summed E-state index contributed by atoms with van der Waals surface area (Å²) in [5, 5.41) is 5.91. The van der Waals surface area contributed by atoms with Gasteiger partial charge in [0.1, 0.15) is 13.2 Å². The van der Waals surface area contributed by atoms with Crippen LogP contribution in [0, 0.1) is 23.7 Å². The smallest absolute Gasteiger partial charge is 0.407 e. The van der Waals surface area contributed by atoms with Gasteiger partial charge in [0, 0.05) is 24.6 Å². The molecule has 0 bridgehead atoms. The van der Waals surface area contributed by atoms with Crippen LogP contribution in [0.1, 0.15) is 116 Å². The topological polar surface area (TPSA) is 129 Å². The second-order valence-electron chi connectivity index (χ2n) is 13.0. The van der Waals surface area contributed by atoms with E-state index < -0.39 is 12.1 Å². The summed E-state index contributed by atoms with van der Waals surface area (Å²) in [5.41, 5.74) is 0. The minimum absolute atomic E-state index is 0.0203. The lowest BCUT2D eigenvalue weighted by Gasteiger charge is -2.34. The lowest BCUT2D eigenvalue weighted by atomic mass is 9.74. The third-order valence-corrected chi connectivity index (χ3v) is 9.77. The van der Waals surface area contributed by atoms with Crippen LogP contribution in [0.4, 0.5) is 9.59 Å². The van der Waals surface area contributed by atoms with Gasteiger partial charge in [-0.05, 0) is 107 Å². The maximum atomic E-state index is 12.4. The van der Waals surface area contributed by atoms with E-state index in [1.807, 2.05) is 0 Å². The molecular weight excluding hydrogens is 564 g/mol. The SMILES string of the molecule is C=CC(=O)OCCOC(=O)NC1CCC(CC2CCC(CC(=O)OCCCCOC(=O)NC3CCC(CC)CC3)CC2)CC1. The predicted octanol–water partition coefficient (Wildman–Crippen LogP) is 6.61. The summed E-state index contributed by atoms with van der Waals surface area (Å²) < 4.78 is 20.7. The van der Waals surface area contributed by atoms with Gasteiger partial charge in [0.05, 0.1) is 13.2 Å². The van der Waals surface area contributed by atoms with Gasteiger partial charge < -0.3 is 29.6 Å². The summed E-state index contributed by atoms with van der Waals surface area (Å²) in [6, 6.07) is 0.363. The molecule has 10 nitrogen and oxygen atoms in total. The number of hydrogen-bond donors (Lipinski definition) is 2. The average molecular weight is 621 g/mol. The molecule has 3 aliphatic rings. The standard InChI is InChI=1S/C34H56N2O8/c1-3-25-11-15-29(16-12-25)35-33(39)43-20-6-5-19-41-32(38)24-28-9-7-26(8-10-28)23-27-13-17-30(18-14-27)36-34(40)44-22-21-42-31(37)4-2/h4,25-30H,2-3,5-24H2,1H3,(H,35,39)(H,36,40). The zero-order chi connectivity index (χ0) is 31.6. The van der Waals surface area contributed by atoms with E-state index in [-0.39, 0.29) is 37.4 Å². The summed E-state index contributed by atoms with van der Waals surface area (Å²) in [6.07, 6.45) is 17.6. The molecule has 0 aromatic rings. The highest BCUT2D eigenvalue weighted by Crippen LogP contribution is 2.38. The molecule has 0 aromatic heterocycles. The lowest BCUT2D eigenvalue weighted by molar-refractivity contribution is -0.145. The molecule has 2 N–H and O–H groups in total. The first-order valence-electron chi connectivity index (χ1n) is 17.2. The molecule has 250 valence electrons. The van der Waals surface area contributed by atoms with Crippen LogP contribution < -0.4 is 10.6 Å². The normalized spacial score (nSPS) is 26.9. The molecule has 0 spiro atoms. The van der Waals surface area contributed by atoms with Crippen molar-refractivity contribution in [2.24, 2.45) is 23.7 Å². The number of carbonyl (C=O) groups excluding carboxylic acids is 4. The highest BCUT2D eigenvalue weighted by molar-refractivity contribution is 5.81. The largest absolute Gasteiger partial charge is 0.466 e. The molecule has 10 heteroatoms. The Hall–Kier alpha value is -2.78. The Bertz CT molecular complexity index is 888. The zero-order valence-electron chi connectivity index (χ0n) is 26.9. The van der Waals surface area contributed by atoms with Gasteiger partial charge in [-0.15, -0.1) is 0 Å². The summed E-state index contributed by atoms with van der Waals surface area (Å²) >= 11 is 0. The first-order chi connectivity index (χ1) is 21.3. The molecule has 0 atom stereocenters. The van der Waals surface area contributed by atoms with Crippen LogP contribution in [0.25, 0.3) is 0 Å². The van der Waals surface area contributed by atoms with Crippen molar-refractivity contribution >= 4 is 24.1 Å². The van der Waals surface area contributed by atoms with Gasteiger partial charge in [0.2, 0.25) is 0 Å². The number of esters is 2. The van der Waals surface area contributed by atoms with Crippen LogP contribution in [0.5, 0.6) is 0 Å². The van der Waals surface area contributed by atoms with Crippen LogP contribution in [0.15, 0.2) is 12.7 Å². The summed E-state index contributed by atoms with van der Waals surface area (Å²) in [5.74, 6) is 1.95. The van der Waals surface area contributed by atoms with Crippen molar-refractivity contribution in [1.29, 1.82) is 0 Å². The van der Waals surface area contributed by atoms with Gasteiger partial charge in [-0.2, -0.15) is 0 Å². The lowest BCUT2D eigenvalue weighted by Crippen LogP contribution is -2.38. The van der Waals surface area contributed by atoms with E-state index in [0.29, 0.717) is 50.2 Å². The Morgan fingerprint density at radius 1 is 0.614 bits per heavy atom. The van der Waals surface area contributed by atoms with Gasteiger partial charge in [-0.1, -0.05) is 32.8 Å². The number of alkyl carbamates (subject to hydrolysis) is 2. The third-order valence-electron chi connectivity index (χ3n) is 9.77. The van der Waals surface area contributed by atoms with E-state index in [4.69, 9.17) is 18.9 Å². The molecule has 44 heavy (non-hydrogen) atoms. The molecule has 3 fully saturated rings. The van der Waals surface area contributed by atoms with Crippen molar-refractivity contribution < 1.29 is 38.1 Å². The fourth-order valence-corrected chi connectivity index (χ4v) is 7.00. The molecule has 2 amide bonds. The molecule has 0 radical (unpaired) electrons. The van der Waals surface area contributed by atoms with E-state index in [9.17, 15) is 19.2 Å². The van der Waals surface area contributed by atoms with Crippen LogP contribution in [0.3, 0.4) is 0 Å². The van der Waals surface area contributed by atoms with E-state index in [0.717, 1.165) is 63.4 Å². The molecule has 3 rings (SSSR count). The minimum atomic E-state index is -0.532. The van der Waals surface area contributed by atoms with Gasteiger partial charge in [0.15, 0.2) is 0 Å². The predicted molar refractivity (Wildman–Crippen MR) is 167 cm³/mol. The number of ether oxygens (including phenoxy) is 4. The van der Waals surface area contributed by atoms with E-state index in [2.05, 4.69) is 24.1 Å². The molecule has 3 aliphatic carbocycles. The van der Waals surface area contributed by atoms with Crippen molar-refractivity contribution in [3.63, 3.8) is 0 Å². The summed E-state index contributed by atoms with van der Waals surface area (Å²) in [6.45, 7) is 6.31. The Balaban J connectivity index is 1.14. The van der Waals surface area contributed by atoms with Gasteiger partial charge in [-0.25, -0.2) is 14.4 Å². The Morgan fingerprint density at radius 3 is 1.61 bits per heavy atom. The number of rotatable bonds is 16. The first-order valence-corrected chi connectivity index (χ1v) is 17.2. The van der Waals surface area contributed by atoms with Crippen molar-refractivity contribution in [3.05, 3.63) is 12.7 Å². The van der Waals surface area contributed by atoms with Crippen molar-refractivity contribution in [1.82, 2.24) is 10.6 Å². The van der Waals surface area contributed by atoms with Crippen LogP contribution in [-0.4, -0.2) is 62.6 Å². The first kappa shape index (κ1) is 35.7. The number of nitrogens with one attached hydrogen (secondary N) is 2. The molecule has 0 aliphatic heterocycles. The second-order valence-corrected chi connectivity index (χ2v) is 13.0. The fourth-order valence-electron chi connectivity index (χ4n) is 7.00. The number of amides is 2. The molecule has 0 unspecified atom stereocenters. The zero-order valence-corrected chi connectivity index (χ0v) is 26.9. The van der Waals surface area contributed by atoms with E-state index in [1.165, 1.54) is 38.5 Å². The summed E-state index contributed by atoms with van der Waals surface area (Å²) in [7, 11) is 0. The van der Waals surface area contributed by atoms with Crippen molar-refractivity contribution in [2.45, 2.75) is 128 Å². The molecule has 3 saturated carbocycles. The van der Waals surface area contributed by atoms with Crippen LogP contribution >= 0.6 is 0 Å². The van der Waals surface area contributed by atoms with Crippen LogP contribution in [-0.2, 0) is 28.5 Å². The fraction of sp³-hybridized carbons (Fsp3) is 0.824. The highest BCUT2D eigenvalue weighted by Gasteiger charge is 2.29. The molecule has 0 aromatic carbocycles. The quantitative estimate of drug-likeness (QED) is 0.0854. The third kappa shape index (κ3) is 14.3. The number of unbranched alkanes of at least 4 members (excludes halogenated alkanes) is 1.